The van der Waals surface area contributed by atoms with Crippen LogP contribution in [0.3, 0.4) is 0 Å². The molecule has 0 radical (unpaired) electrons. The van der Waals surface area contributed by atoms with E-state index in [1.807, 2.05) is 13.8 Å². The summed E-state index contributed by atoms with van der Waals surface area (Å²) in [6, 6.07) is 1.78. The summed E-state index contributed by atoms with van der Waals surface area (Å²) in [5.74, 6) is 0.395. The van der Waals surface area contributed by atoms with E-state index in [0.29, 0.717) is 54.5 Å². The van der Waals surface area contributed by atoms with Crippen LogP contribution in [0.4, 0.5) is 4.79 Å². The first-order chi connectivity index (χ1) is 11.4. The van der Waals surface area contributed by atoms with Crippen LogP contribution < -0.4 is 4.74 Å². The monoisotopic (exact) mass is 354 g/mol. The molecule has 1 aromatic carbocycles. The summed E-state index contributed by atoms with van der Waals surface area (Å²) in [6.07, 6.45) is 0.332. The third kappa shape index (κ3) is 3.59. The minimum Gasteiger partial charge on any atom is -0.496 e. The molecule has 2 amide bonds. The number of rotatable bonds is 2. The van der Waals surface area contributed by atoms with E-state index in [2.05, 4.69) is 0 Å². The SMILES string of the molecule is COC(=O)N1CCCN(C(=O)c2c(OC)cc(C)c(Cl)c2C)CC1. The topological polar surface area (TPSA) is 59.1 Å². The van der Waals surface area contributed by atoms with Gasteiger partial charge in [0.1, 0.15) is 5.75 Å². The van der Waals surface area contributed by atoms with Gasteiger partial charge in [-0.15, -0.1) is 0 Å². The van der Waals surface area contributed by atoms with Gasteiger partial charge in [-0.25, -0.2) is 4.79 Å². The Morgan fingerprint density at radius 3 is 2.33 bits per heavy atom. The molecule has 0 spiro atoms. The first-order valence-electron chi connectivity index (χ1n) is 7.86. The molecule has 0 atom stereocenters. The molecule has 1 heterocycles. The van der Waals surface area contributed by atoms with Gasteiger partial charge in [-0.3, -0.25) is 4.79 Å². The van der Waals surface area contributed by atoms with E-state index in [1.165, 1.54) is 7.11 Å². The molecule has 24 heavy (non-hydrogen) atoms. The van der Waals surface area contributed by atoms with E-state index in [9.17, 15) is 9.59 Å². The molecular formula is C17H23ClN2O4. The van der Waals surface area contributed by atoms with Crippen LogP contribution in [0.2, 0.25) is 5.02 Å². The maximum atomic E-state index is 13.0. The Labute approximate surface area is 147 Å². The molecule has 0 aromatic heterocycles. The maximum Gasteiger partial charge on any atom is 0.409 e. The zero-order valence-electron chi connectivity index (χ0n) is 14.5. The fraction of sp³-hybridized carbons (Fsp3) is 0.529. The van der Waals surface area contributed by atoms with Crippen LogP contribution in [-0.4, -0.2) is 62.2 Å². The van der Waals surface area contributed by atoms with Crippen LogP contribution in [0.5, 0.6) is 5.75 Å². The molecule has 6 nitrogen and oxygen atoms in total. The van der Waals surface area contributed by atoms with Crippen molar-refractivity contribution in [3.8, 4) is 5.75 Å². The molecule has 0 saturated carbocycles. The van der Waals surface area contributed by atoms with Crippen LogP contribution in [0.1, 0.15) is 27.9 Å². The van der Waals surface area contributed by atoms with E-state index in [-0.39, 0.29) is 12.0 Å². The van der Waals surface area contributed by atoms with Crippen LogP contribution in [0, 0.1) is 13.8 Å². The largest absolute Gasteiger partial charge is 0.496 e. The number of halogens is 1. The summed E-state index contributed by atoms with van der Waals surface area (Å²) in [5.41, 5.74) is 2.07. The normalized spacial score (nSPS) is 15.0. The summed E-state index contributed by atoms with van der Waals surface area (Å²) in [4.78, 5) is 28.0. The summed E-state index contributed by atoms with van der Waals surface area (Å²) in [5, 5.41) is 0.574. The highest BCUT2D eigenvalue weighted by Gasteiger charge is 2.27. The first-order valence-corrected chi connectivity index (χ1v) is 8.24. The number of carbonyl (C=O) groups excluding carboxylic acids is 2. The van der Waals surface area contributed by atoms with E-state index in [4.69, 9.17) is 21.1 Å². The molecule has 1 aliphatic heterocycles. The molecule has 0 N–H and O–H groups in total. The zero-order chi connectivity index (χ0) is 17.9. The lowest BCUT2D eigenvalue weighted by Crippen LogP contribution is -2.37. The van der Waals surface area contributed by atoms with Gasteiger partial charge in [0.2, 0.25) is 0 Å². The number of amides is 2. The third-order valence-electron chi connectivity index (χ3n) is 4.29. The molecule has 1 aromatic rings. The Bertz CT molecular complexity index is 648. The van der Waals surface area contributed by atoms with Crippen LogP contribution in [-0.2, 0) is 4.74 Å². The fourth-order valence-electron chi connectivity index (χ4n) is 2.94. The average Bonchev–Trinajstić information content (AvgIpc) is 2.84. The minimum atomic E-state index is -0.364. The second-order valence-corrected chi connectivity index (χ2v) is 6.19. The molecule has 2 rings (SSSR count). The Morgan fingerprint density at radius 1 is 1.08 bits per heavy atom. The van der Waals surface area contributed by atoms with Gasteiger partial charge in [-0.05, 0) is 37.5 Å². The minimum absolute atomic E-state index is 0.127. The van der Waals surface area contributed by atoms with Gasteiger partial charge in [0.05, 0.1) is 19.8 Å². The first kappa shape index (κ1) is 18.4. The maximum absolute atomic E-state index is 13.0. The van der Waals surface area contributed by atoms with Crippen LogP contribution in [0.25, 0.3) is 0 Å². The lowest BCUT2D eigenvalue weighted by molar-refractivity contribution is 0.0753. The van der Waals surface area contributed by atoms with Crippen molar-refractivity contribution in [1.82, 2.24) is 9.80 Å². The van der Waals surface area contributed by atoms with E-state index < -0.39 is 0 Å². The molecular weight excluding hydrogens is 332 g/mol. The molecule has 1 aliphatic rings. The van der Waals surface area contributed by atoms with Crippen molar-refractivity contribution in [2.75, 3.05) is 40.4 Å². The third-order valence-corrected chi connectivity index (χ3v) is 4.88. The van der Waals surface area contributed by atoms with Crippen molar-refractivity contribution in [3.63, 3.8) is 0 Å². The highest BCUT2D eigenvalue weighted by Crippen LogP contribution is 2.32. The number of ether oxygens (including phenoxy) is 2. The Hall–Kier alpha value is -1.95. The van der Waals surface area contributed by atoms with E-state index in [1.54, 1.807) is 23.0 Å². The van der Waals surface area contributed by atoms with Gasteiger partial charge in [0.15, 0.2) is 0 Å². The Morgan fingerprint density at radius 2 is 1.71 bits per heavy atom. The molecule has 0 unspecified atom stereocenters. The highest BCUT2D eigenvalue weighted by molar-refractivity contribution is 6.32. The van der Waals surface area contributed by atoms with Crippen molar-refractivity contribution in [3.05, 3.63) is 27.8 Å². The van der Waals surface area contributed by atoms with Crippen molar-refractivity contribution in [2.24, 2.45) is 0 Å². The number of carbonyl (C=O) groups is 2. The smallest absolute Gasteiger partial charge is 0.409 e. The van der Waals surface area contributed by atoms with Gasteiger partial charge in [0, 0.05) is 31.2 Å². The number of hydrogen-bond acceptors (Lipinski definition) is 4. The summed E-state index contributed by atoms with van der Waals surface area (Å²) < 4.78 is 10.1. The highest BCUT2D eigenvalue weighted by atomic mass is 35.5. The number of aryl methyl sites for hydroxylation is 1. The predicted octanol–water partition coefficient (Wildman–Crippen LogP) is 2.88. The average molecular weight is 355 g/mol. The number of methoxy groups -OCH3 is 2. The van der Waals surface area contributed by atoms with Gasteiger partial charge in [-0.1, -0.05) is 11.6 Å². The lowest BCUT2D eigenvalue weighted by Gasteiger charge is -2.24. The molecule has 0 bridgehead atoms. The van der Waals surface area contributed by atoms with E-state index >= 15 is 0 Å². The molecule has 132 valence electrons. The van der Waals surface area contributed by atoms with E-state index in [0.717, 1.165) is 5.56 Å². The van der Waals surface area contributed by atoms with Crippen molar-refractivity contribution in [1.29, 1.82) is 0 Å². The fourth-order valence-corrected chi connectivity index (χ4v) is 3.09. The number of nitrogens with zero attached hydrogens (tertiary/aromatic N) is 2. The summed E-state index contributed by atoms with van der Waals surface area (Å²) in [6.45, 7) is 5.74. The summed E-state index contributed by atoms with van der Waals surface area (Å²) in [7, 11) is 2.90. The Balaban J connectivity index is 2.26. The molecule has 7 heteroatoms. The molecule has 1 fully saturated rings. The van der Waals surface area contributed by atoms with Gasteiger partial charge in [0.25, 0.3) is 5.91 Å². The second kappa shape index (κ2) is 7.75. The quantitative estimate of drug-likeness (QED) is 0.819. The zero-order valence-corrected chi connectivity index (χ0v) is 15.3. The molecule has 0 aliphatic carbocycles. The standard InChI is InChI=1S/C17H23ClN2O4/c1-11-10-13(23-3)14(12(2)15(11)18)16(21)19-6-5-7-20(9-8-19)17(22)24-4/h10H,5-9H2,1-4H3. The second-order valence-electron chi connectivity index (χ2n) is 5.81. The van der Waals surface area contributed by atoms with Crippen LogP contribution >= 0.6 is 11.6 Å². The summed E-state index contributed by atoms with van der Waals surface area (Å²) >= 11 is 6.31. The lowest BCUT2D eigenvalue weighted by atomic mass is 10.0. The number of benzene rings is 1. The van der Waals surface area contributed by atoms with Crippen molar-refractivity contribution >= 4 is 23.6 Å². The van der Waals surface area contributed by atoms with Gasteiger partial charge >= 0.3 is 6.09 Å². The molecule has 1 saturated heterocycles. The Kier molecular flexibility index (Phi) is 5.94. The van der Waals surface area contributed by atoms with Gasteiger partial charge in [-0.2, -0.15) is 0 Å². The van der Waals surface area contributed by atoms with Gasteiger partial charge < -0.3 is 19.3 Å². The van der Waals surface area contributed by atoms with Crippen molar-refractivity contribution in [2.45, 2.75) is 20.3 Å². The van der Waals surface area contributed by atoms with Crippen LogP contribution in [0.15, 0.2) is 6.07 Å². The number of hydrogen-bond donors (Lipinski definition) is 0. The predicted molar refractivity (Wildman–Crippen MR) is 92.0 cm³/mol. The van der Waals surface area contributed by atoms with Crippen molar-refractivity contribution < 1.29 is 19.1 Å².